The summed E-state index contributed by atoms with van der Waals surface area (Å²) in [4.78, 5) is 12.5. The number of nitrogens with one attached hydrogen (secondary N) is 2. The summed E-state index contributed by atoms with van der Waals surface area (Å²) >= 11 is 3.45. The molecule has 2 atom stereocenters. The molecule has 2 unspecified atom stereocenters. The molecule has 0 saturated carbocycles. The SMILES string of the molecule is CC(C)(NC(=O)CC1CC2CCC(C1)N2)c1ccc(Br)cc1. The molecule has 1 aromatic carbocycles. The van der Waals surface area contributed by atoms with Crippen LogP contribution < -0.4 is 10.6 Å². The Kier molecular flexibility index (Phi) is 4.60. The first kappa shape index (κ1) is 16.0. The molecule has 2 saturated heterocycles. The molecule has 2 aliphatic heterocycles. The van der Waals surface area contributed by atoms with E-state index in [2.05, 4.69) is 52.5 Å². The summed E-state index contributed by atoms with van der Waals surface area (Å²) in [5, 5.41) is 6.85. The van der Waals surface area contributed by atoms with Crippen molar-refractivity contribution in [3.05, 3.63) is 34.3 Å². The van der Waals surface area contributed by atoms with Gasteiger partial charge in [0.1, 0.15) is 0 Å². The largest absolute Gasteiger partial charge is 0.347 e. The van der Waals surface area contributed by atoms with Crippen molar-refractivity contribution in [3.8, 4) is 0 Å². The van der Waals surface area contributed by atoms with Crippen LogP contribution in [0.1, 0.15) is 51.5 Å². The van der Waals surface area contributed by atoms with E-state index in [1.54, 1.807) is 0 Å². The van der Waals surface area contributed by atoms with Crippen molar-refractivity contribution in [1.29, 1.82) is 0 Å². The molecule has 0 radical (unpaired) electrons. The van der Waals surface area contributed by atoms with Crippen LogP contribution in [0.25, 0.3) is 0 Å². The molecule has 2 fully saturated rings. The first-order valence-electron chi connectivity index (χ1n) is 8.25. The standard InChI is InChI=1S/C18H25BrN2O/c1-18(2,13-3-5-14(19)6-4-13)21-17(22)11-12-9-15-7-8-16(10-12)20-15/h3-6,12,15-16,20H,7-11H2,1-2H3,(H,21,22). The normalized spacial score (nSPS) is 27.7. The Morgan fingerprint density at radius 2 is 1.82 bits per heavy atom. The maximum absolute atomic E-state index is 12.5. The summed E-state index contributed by atoms with van der Waals surface area (Å²) in [7, 11) is 0. The third-order valence-electron chi connectivity index (χ3n) is 5.06. The quantitative estimate of drug-likeness (QED) is 0.854. The van der Waals surface area contributed by atoms with Crippen LogP contribution >= 0.6 is 15.9 Å². The zero-order valence-corrected chi connectivity index (χ0v) is 14.9. The van der Waals surface area contributed by atoms with Crippen molar-refractivity contribution in [1.82, 2.24) is 10.6 Å². The minimum Gasteiger partial charge on any atom is -0.347 e. The summed E-state index contributed by atoms with van der Waals surface area (Å²) in [6, 6.07) is 9.47. The average Bonchev–Trinajstić information content (AvgIpc) is 2.77. The van der Waals surface area contributed by atoms with Gasteiger partial charge in [0.15, 0.2) is 0 Å². The molecule has 0 aliphatic carbocycles. The molecular weight excluding hydrogens is 340 g/mol. The number of halogens is 1. The van der Waals surface area contributed by atoms with Crippen LogP contribution in [0.4, 0.5) is 0 Å². The highest BCUT2D eigenvalue weighted by atomic mass is 79.9. The van der Waals surface area contributed by atoms with Crippen LogP contribution in [0.2, 0.25) is 0 Å². The molecule has 120 valence electrons. The van der Waals surface area contributed by atoms with Gasteiger partial charge in [0.2, 0.25) is 5.91 Å². The van der Waals surface area contributed by atoms with Crippen LogP contribution in [0, 0.1) is 5.92 Å². The van der Waals surface area contributed by atoms with E-state index in [9.17, 15) is 4.79 Å². The van der Waals surface area contributed by atoms with E-state index in [1.807, 2.05) is 12.1 Å². The molecule has 3 rings (SSSR count). The lowest BCUT2D eigenvalue weighted by Crippen LogP contribution is -2.44. The van der Waals surface area contributed by atoms with Crippen molar-refractivity contribution in [2.24, 2.45) is 5.92 Å². The van der Waals surface area contributed by atoms with Gasteiger partial charge >= 0.3 is 0 Å². The lowest BCUT2D eigenvalue weighted by molar-refractivity contribution is -0.124. The van der Waals surface area contributed by atoms with Gasteiger partial charge in [0.05, 0.1) is 5.54 Å². The topological polar surface area (TPSA) is 41.1 Å². The number of piperidine rings is 1. The van der Waals surface area contributed by atoms with Gasteiger partial charge < -0.3 is 10.6 Å². The molecule has 1 amide bonds. The smallest absolute Gasteiger partial charge is 0.220 e. The number of benzene rings is 1. The van der Waals surface area contributed by atoms with Gasteiger partial charge in [-0.3, -0.25) is 4.79 Å². The van der Waals surface area contributed by atoms with Gasteiger partial charge in [-0.1, -0.05) is 28.1 Å². The Morgan fingerprint density at radius 1 is 1.23 bits per heavy atom. The Labute approximate surface area is 141 Å². The molecule has 2 heterocycles. The zero-order chi connectivity index (χ0) is 15.7. The predicted octanol–water partition coefficient (Wildman–Crippen LogP) is 3.72. The van der Waals surface area contributed by atoms with E-state index >= 15 is 0 Å². The van der Waals surface area contributed by atoms with Gasteiger partial charge in [-0.25, -0.2) is 0 Å². The van der Waals surface area contributed by atoms with Crippen LogP contribution in [0.3, 0.4) is 0 Å². The summed E-state index contributed by atoms with van der Waals surface area (Å²) in [5.74, 6) is 0.721. The minimum absolute atomic E-state index is 0.180. The second-order valence-corrected chi connectivity index (χ2v) is 8.28. The number of carbonyl (C=O) groups is 1. The van der Waals surface area contributed by atoms with E-state index in [4.69, 9.17) is 0 Å². The van der Waals surface area contributed by atoms with E-state index in [-0.39, 0.29) is 11.4 Å². The zero-order valence-electron chi connectivity index (χ0n) is 13.4. The highest BCUT2D eigenvalue weighted by molar-refractivity contribution is 9.10. The fourth-order valence-corrected chi connectivity index (χ4v) is 4.21. The number of hydrogen-bond acceptors (Lipinski definition) is 2. The first-order valence-corrected chi connectivity index (χ1v) is 9.05. The fourth-order valence-electron chi connectivity index (χ4n) is 3.94. The van der Waals surface area contributed by atoms with E-state index in [0.29, 0.717) is 24.4 Å². The fraction of sp³-hybridized carbons (Fsp3) is 0.611. The second kappa shape index (κ2) is 6.32. The Morgan fingerprint density at radius 3 is 2.41 bits per heavy atom. The molecule has 2 aliphatic rings. The summed E-state index contributed by atoms with van der Waals surface area (Å²) in [6.45, 7) is 4.14. The van der Waals surface area contributed by atoms with Crippen molar-refractivity contribution >= 4 is 21.8 Å². The maximum atomic E-state index is 12.5. The monoisotopic (exact) mass is 364 g/mol. The minimum atomic E-state index is -0.330. The van der Waals surface area contributed by atoms with Gasteiger partial charge in [0, 0.05) is 23.0 Å². The summed E-state index contributed by atoms with van der Waals surface area (Å²) < 4.78 is 1.06. The first-order chi connectivity index (χ1) is 10.4. The second-order valence-electron chi connectivity index (χ2n) is 7.36. The third kappa shape index (κ3) is 3.72. The molecule has 0 aromatic heterocycles. The van der Waals surface area contributed by atoms with Crippen LogP contribution in [0.15, 0.2) is 28.7 Å². The summed E-state index contributed by atoms with van der Waals surface area (Å²) in [5.41, 5.74) is 0.804. The Bertz CT molecular complexity index is 529. The number of amides is 1. The molecule has 0 spiro atoms. The molecule has 1 aromatic rings. The molecule has 2 bridgehead atoms. The van der Waals surface area contributed by atoms with Crippen LogP contribution in [0.5, 0.6) is 0 Å². The van der Waals surface area contributed by atoms with Crippen molar-refractivity contribution < 1.29 is 4.79 Å². The third-order valence-corrected chi connectivity index (χ3v) is 5.59. The maximum Gasteiger partial charge on any atom is 0.220 e. The Hall–Kier alpha value is -0.870. The molecule has 4 heteroatoms. The van der Waals surface area contributed by atoms with E-state index in [1.165, 1.54) is 12.8 Å². The van der Waals surface area contributed by atoms with Crippen molar-refractivity contribution in [2.75, 3.05) is 0 Å². The van der Waals surface area contributed by atoms with Crippen molar-refractivity contribution in [2.45, 2.75) is 63.6 Å². The number of fused-ring (bicyclic) bond motifs is 2. The lowest BCUT2D eigenvalue weighted by atomic mass is 9.88. The van der Waals surface area contributed by atoms with Crippen molar-refractivity contribution in [3.63, 3.8) is 0 Å². The summed E-state index contributed by atoms with van der Waals surface area (Å²) in [6.07, 6.45) is 5.54. The van der Waals surface area contributed by atoms with Gasteiger partial charge in [-0.05, 0) is 63.1 Å². The molecular formula is C18H25BrN2O. The highest BCUT2D eigenvalue weighted by Crippen LogP contribution is 2.33. The average molecular weight is 365 g/mol. The van der Waals surface area contributed by atoms with E-state index in [0.717, 1.165) is 22.9 Å². The molecule has 2 N–H and O–H groups in total. The highest BCUT2D eigenvalue weighted by Gasteiger charge is 2.34. The number of carbonyl (C=O) groups excluding carboxylic acids is 1. The molecule has 22 heavy (non-hydrogen) atoms. The lowest BCUT2D eigenvalue weighted by Gasteiger charge is -2.31. The van der Waals surface area contributed by atoms with Crippen LogP contribution in [-0.2, 0) is 10.3 Å². The van der Waals surface area contributed by atoms with Crippen LogP contribution in [-0.4, -0.2) is 18.0 Å². The van der Waals surface area contributed by atoms with E-state index < -0.39 is 0 Å². The van der Waals surface area contributed by atoms with Gasteiger partial charge in [0.25, 0.3) is 0 Å². The number of rotatable bonds is 4. The Balaban J connectivity index is 1.57. The van der Waals surface area contributed by atoms with Gasteiger partial charge in [-0.15, -0.1) is 0 Å². The predicted molar refractivity (Wildman–Crippen MR) is 92.6 cm³/mol. The molecule has 3 nitrogen and oxygen atoms in total. The van der Waals surface area contributed by atoms with Gasteiger partial charge in [-0.2, -0.15) is 0 Å². The number of hydrogen-bond donors (Lipinski definition) is 2.